The van der Waals surface area contributed by atoms with Gasteiger partial charge in [-0.2, -0.15) is 0 Å². The van der Waals surface area contributed by atoms with Gasteiger partial charge in [-0.3, -0.25) is 9.59 Å². The first-order chi connectivity index (χ1) is 15.4. The van der Waals surface area contributed by atoms with E-state index in [4.69, 9.17) is 11.6 Å². The number of hydrogen-bond acceptors (Lipinski definition) is 4. The van der Waals surface area contributed by atoms with Gasteiger partial charge in [-0.25, -0.2) is 9.37 Å². The maximum atomic E-state index is 13.2. The molecule has 2 amide bonds. The number of pyridine rings is 1. The van der Waals surface area contributed by atoms with E-state index in [-0.39, 0.29) is 22.7 Å². The number of anilines is 2. The number of rotatable bonds is 6. The summed E-state index contributed by atoms with van der Waals surface area (Å²) >= 11 is 6.65. The monoisotopic (exact) mass is 453 g/mol. The summed E-state index contributed by atoms with van der Waals surface area (Å²) in [6, 6.07) is 14.7. The number of nitrogens with zero attached hydrogens (tertiary/aromatic N) is 1. The molecule has 32 heavy (non-hydrogen) atoms. The van der Waals surface area contributed by atoms with Crippen molar-refractivity contribution in [2.75, 3.05) is 10.6 Å². The third-order valence-corrected chi connectivity index (χ3v) is 6.24. The average Bonchev–Trinajstić information content (AvgIpc) is 2.77. The maximum absolute atomic E-state index is 13.2. The fourth-order valence-corrected chi connectivity index (χ4v) is 4.29. The molecule has 0 saturated heterocycles. The van der Waals surface area contributed by atoms with E-state index in [9.17, 15) is 19.1 Å². The molecule has 0 unspecified atom stereocenters. The molecule has 8 heteroatoms. The molecule has 1 aliphatic carbocycles. The van der Waals surface area contributed by atoms with E-state index in [0.29, 0.717) is 35.2 Å². The van der Waals surface area contributed by atoms with Crippen LogP contribution < -0.4 is 10.6 Å². The predicted molar refractivity (Wildman–Crippen MR) is 120 cm³/mol. The van der Waals surface area contributed by atoms with E-state index in [1.54, 1.807) is 36.4 Å². The van der Waals surface area contributed by atoms with Crippen LogP contribution in [0, 0.1) is 5.82 Å². The molecular formula is C24H21ClFN3O3. The van der Waals surface area contributed by atoms with Crippen LogP contribution >= 0.6 is 11.6 Å². The van der Waals surface area contributed by atoms with Crippen molar-refractivity contribution in [2.24, 2.45) is 0 Å². The van der Waals surface area contributed by atoms with Gasteiger partial charge in [-0.1, -0.05) is 42.3 Å². The first kappa shape index (κ1) is 21.9. The van der Waals surface area contributed by atoms with Gasteiger partial charge in [0.25, 0.3) is 5.91 Å². The van der Waals surface area contributed by atoms with Crippen LogP contribution in [0.15, 0.2) is 60.8 Å². The molecule has 1 aromatic heterocycles. The number of aromatic nitrogens is 1. The van der Waals surface area contributed by atoms with Crippen molar-refractivity contribution < 1.29 is 19.1 Å². The van der Waals surface area contributed by atoms with Crippen molar-refractivity contribution in [1.82, 2.24) is 4.98 Å². The van der Waals surface area contributed by atoms with Gasteiger partial charge in [0.1, 0.15) is 11.6 Å². The number of carbonyl (C=O) groups excluding carboxylic acids is 2. The molecule has 3 aromatic rings. The fraction of sp³-hybridized carbons (Fsp3) is 0.208. The van der Waals surface area contributed by atoms with Crippen LogP contribution in [-0.4, -0.2) is 21.9 Å². The summed E-state index contributed by atoms with van der Waals surface area (Å²) in [5.74, 6) is -0.879. The molecule has 3 N–H and O–H groups in total. The molecule has 0 spiro atoms. The molecule has 0 bridgehead atoms. The Morgan fingerprint density at radius 2 is 1.81 bits per heavy atom. The van der Waals surface area contributed by atoms with Gasteiger partial charge >= 0.3 is 0 Å². The standard InChI is InChI=1S/C24H21ClFN3O3/c25-21-17(14-30)19(28-22(31)15-5-2-1-3-6-15)9-8-18(21)24(11-4-12-24)23(32)29-20-10-7-16(26)13-27-20/h1-3,5-10,13,30H,4,11-12,14H2,(H,28,31)(H,27,29,32). The highest BCUT2D eigenvalue weighted by Crippen LogP contribution is 2.48. The largest absolute Gasteiger partial charge is 0.392 e. The molecule has 2 aromatic carbocycles. The molecule has 1 aliphatic rings. The summed E-state index contributed by atoms with van der Waals surface area (Å²) < 4.78 is 13.1. The Balaban J connectivity index is 1.63. The quantitative estimate of drug-likeness (QED) is 0.505. The second-order valence-corrected chi connectivity index (χ2v) is 8.06. The first-order valence-corrected chi connectivity index (χ1v) is 10.5. The highest BCUT2D eigenvalue weighted by molar-refractivity contribution is 6.33. The van der Waals surface area contributed by atoms with Gasteiger partial charge in [-0.15, -0.1) is 0 Å². The minimum absolute atomic E-state index is 0.236. The second-order valence-electron chi connectivity index (χ2n) is 7.68. The zero-order valence-corrected chi connectivity index (χ0v) is 17.8. The summed E-state index contributed by atoms with van der Waals surface area (Å²) in [6.07, 6.45) is 3.01. The van der Waals surface area contributed by atoms with E-state index >= 15 is 0 Å². The molecule has 1 fully saturated rings. The van der Waals surface area contributed by atoms with Crippen LogP contribution in [0.25, 0.3) is 0 Å². The SMILES string of the molecule is O=C(Nc1ccc(C2(C(=O)Nc3ccc(F)cn3)CCC2)c(Cl)c1CO)c1ccccc1. The molecule has 1 heterocycles. The number of aliphatic hydroxyl groups is 1. The number of nitrogens with one attached hydrogen (secondary N) is 2. The molecule has 164 valence electrons. The summed E-state index contributed by atoms with van der Waals surface area (Å²) in [7, 11) is 0. The molecule has 6 nitrogen and oxygen atoms in total. The molecular weight excluding hydrogens is 433 g/mol. The Morgan fingerprint density at radius 1 is 1.06 bits per heavy atom. The van der Waals surface area contributed by atoms with Crippen molar-refractivity contribution in [1.29, 1.82) is 0 Å². The average molecular weight is 454 g/mol. The third-order valence-electron chi connectivity index (χ3n) is 5.81. The van der Waals surface area contributed by atoms with Gasteiger partial charge in [0.05, 0.1) is 23.2 Å². The van der Waals surface area contributed by atoms with E-state index in [1.807, 2.05) is 6.07 Å². The maximum Gasteiger partial charge on any atom is 0.255 e. The fourth-order valence-electron chi connectivity index (χ4n) is 3.88. The van der Waals surface area contributed by atoms with E-state index < -0.39 is 17.8 Å². The summed E-state index contributed by atoms with van der Waals surface area (Å²) in [4.78, 5) is 29.6. The van der Waals surface area contributed by atoms with Gasteiger partial charge in [0, 0.05) is 16.8 Å². The van der Waals surface area contributed by atoms with Crippen molar-refractivity contribution in [3.8, 4) is 0 Å². The van der Waals surface area contributed by atoms with Crippen LogP contribution in [0.2, 0.25) is 5.02 Å². The van der Waals surface area contributed by atoms with E-state index in [1.165, 1.54) is 12.1 Å². The molecule has 0 radical (unpaired) electrons. The summed E-state index contributed by atoms with van der Waals surface area (Å²) in [6.45, 7) is -0.408. The lowest BCUT2D eigenvalue weighted by Crippen LogP contribution is -2.46. The van der Waals surface area contributed by atoms with Crippen LogP contribution in [0.3, 0.4) is 0 Å². The lowest BCUT2D eigenvalue weighted by Gasteiger charge is -2.41. The van der Waals surface area contributed by atoms with E-state index in [0.717, 1.165) is 12.6 Å². The molecule has 4 rings (SSSR count). The number of amides is 2. The summed E-state index contributed by atoms with van der Waals surface area (Å²) in [5, 5.41) is 15.7. The highest BCUT2D eigenvalue weighted by Gasteiger charge is 2.47. The van der Waals surface area contributed by atoms with Gasteiger partial charge in [0.15, 0.2) is 0 Å². The number of halogens is 2. The Hall–Kier alpha value is -3.29. The molecule has 1 saturated carbocycles. The van der Waals surface area contributed by atoms with Crippen LogP contribution in [-0.2, 0) is 16.8 Å². The Labute approximate surface area is 189 Å². The van der Waals surface area contributed by atoms with Gasteiger partial charge in [-0.05, 0) is 48.7 Å². The lowest BCUT2D eigenvalue weighted by atomic mass is 9.63. The Bertz CT molecular complexity index is 1150. The second kappa shape index (κ2) is 9.06. The minimum atomic E-state index is -0.890. The third kappa shape index (κ3) is 4.09. The smallest absolute Gasteiger partial charge is 0.255 e. The Morgan fingerprint density at radius 3 is 2.41 bits per heavy atom. The highest BCUT2D eigenvalue weighted by atomic mass is 35.5. The van der Waals surface area contributed by atoms with Crippen molar-refractivity contribution in [3.63, 3.8) is 0 Å². The van der Waals surface area contributed by atoms with Gasteiger partial charge < -0.3 is 15.7 Å². The van der Waals surface area contributed by atoms with Crippen molar-refractivity contribution >= 4 is 34.9 Å². The number of aliphatic hydroxyl groups excluding tert-OH is 1. The zero-order valence-electron chi connectivity index (χ0n) is 17.1. The first-order valence-electron chi connectivity index (χ1n) is 10.2. The molecule has 0 aliphatic heterocycles. The van der Waals surface area contributed by atoms with Crippen LogP contribution in [0.5, 0.6) is 0 Å². The Kier molecular flexibility index (Phi) is 6.21. The lowest BCUT2D eigenvalue weighted by molar-refractivity contribution is -0.124. The topological polar surface area (TPSA) is 91.3 Å². The number of carbonyl (C=O) groups is 2. The predicted octanol–water partition coefficient (Wildman–Crippen LogP) is 4.68. The zero-order chi connectivity index (χ0) is 22.7. The minimum Gasteiger partial charge on any atom is -0.392 e. The summed E-state index contributed by atoms with van der Waals surface area (Å²) in [5.41, 5.74) is 0.876. The van der Waals surface area contributed by atoms with Gasteiger partial charge in [0.2, 0.25) is 5.91 Å². The van der Waals surface area contributed by atoms with Crippen molar-refractivity contribution in [3.05, 3.63) is 88.3 Å². The van der Waals surface area contributed by atoms with E-state index in [2.05, 4.69) is 15.6 Å². The number of hydrogen-bond donors (Lipinski definition) is 3. The van der Waals surface area contributed by atoms with Crippen LogP contribution in [0.4, 0.5) is 15.9 Å². The number of benzene rings is 2. The normalized spacial score (nSPS) is 14.3. The molecule has 0 atom stereocenters. The van der Waals surface area contributed by atoms with Crippen molar-refractivity contribution in [2.45, 2.75) is 31.3 Å². The van der Waals surface area contributed by atoms with Crippen LogP contribution in [0.1, 0.15) is 40.7 Å².